The van der Waals surface area contributed by atoms with E-state index in [2.05, 4.69) is 22.4 Å². The fourth-order valence-corrected chi connectivity index (χ4v) is 2.03. The molecule has 0 amide bonds. The van der Waals surface area contributed by atoms with E-state index in [9.17, 15) is 0 Å². The number of fused-ring (bicyclic) bond motifs is 1. The maximum atomic E-state index is 5.78. The van der Waals surface area contributed by atoms with Crippen LogP contribution in [0, 0.1) is 0 Å². The van der Waals surface area contributed by atoms with Gasteiger partial charge in [-0.15, -0.1) is 0 Å². The molecule has 2 heterocycles. The van der Waals surface area contributed by atoms with Crippen molar-refractivity contribution in [2.45, 2.75) is 6.54 Å². The van der Waals surface area contributed by atoms with Crippen molar-refractivity contribution < 1.29 is 4.42 Å². The molecule has 1 aromatic carbocycles. The number of rotatable bonds is 3. The van der Waals surface area contributed by atoms with Crippen LogP contribution >= 0.6 is 0 Å². The van der Waals surface area contributed by atoms with Crippen molar-refractivity contribution in [3.8, 4) is 11.3 Å². The number of hydrogen-bond donors (Lipinski definition) is 1. The predicted octanol–water partition coefficient (Wildman–Crippen LogP) is 3.21. The molecule has 18 heavy (non-hydrogen) atoms. The molecule has 0 aliphatic carbocycles. The number of hydrogen-bond acceptors (Lipinski definition) is 3. The molecule has 0 fully saturated rings. The molecule has 90 valence electrons. The van der Waals surface area contributed by atoms with E-state index in [-0.39, 0.29) is 0 Å². The lowest BCUT2D eigenvalue weighted by atomic mass is 10.1. The van der Waals surface area contributed by atoms with E-state index in [0.29, 0.717) is 0 Å². The Morgan fingerprint density at radius 2 is 2.11 bits per heavy atom. The van der Waals surface area contributed by atoms with Crippen molar-refractivity contribution in [3.63, 3.8) is 0 Å². The highest BCUT2D eigenvalue weighted by molar-refractivity contribution is 5.83. The van der Waals surface area contributed by atoms with E-state index < -0.39 is 0 Å². The largest absolute Gasteiger partial charge is 0.460 e. The summed E-state index contributed by atoms with van der Waals surface area (Å²) in [6.07, 6.45) is 1.81. The monoisotopic (exact) mass is 238 g/mol. The van der Waals surface area contributed by atoms with Gasteiger partial charge in [0.25, 0.3) is 0 Å². The Morgan fingerprint density at radius 1 is 1.17 bits per heavy atom. The summed E-state index contributed by atoms with van der Waals surface area (Å²) in [7, 11) is 1.91. The summed E-state index contributed by atoms with van der Waals surface area (Å²) < 4.78 is 5.78. The van der Waals surface area contributed by atoms with Crippen molar-refractivity contribution in [3.05, 3.63) is 54.4 Å². The fraction of sp³-hybridized carbons (Fsp3) is 0.133. The first-order valence-corrected chi connectivity index (χ1v) is 5.95. The second-order valence-corrected chi connectivity index (χ2v) is 4.21. The van der Waals surface area contributed by atoms with Crippen LogP contribution < -0.4 is 5.32 Å². The molecule has 0 atom stereocenters. The topological polar surface area (TPSA) is 38.1 Å². The van der Waals surface area contributed by atoms with E-state index in [1.54, 1.807) is 6.20 Å². The van der Waals surface area contributed by atoms with Gasteiger partial charge in [-0.1, -0.05) is 6.07 Å². The van der Waals surface area contributed by atoms with Gasteiger partial charge in [0, 0.05) is 17.1 Å². The van der Waals surface area contributed by atoms with Crippen LogP contribution in [0.4, 0.5) is 0 Å². The van der Waals surface area contributed by atoms with E-state index in [0.717, 1.165) is 34.5 Å². The van der Waals surface area contributed by atoms with Gasteiger partial charge in [0.1, 0.15) is 11.5 Å². The Labute approximate surface area is 105 Å². The summed E-state index contributed by atoms with van der Waals surface area (Å²) in [4.78, 5) is 4.31. The van der Waals surface area contributed by atoms with E-state index >= 15 is 0 Å². The van der Waals surface area contributed by atoms with Gasteiger partial charge in [-0.05, 0) is 43.4 Å². The van der Waals surface area contributed by atoms with E-state index in [1.165, 1.54) is 0 Å². The molecule has 2 aromatic heterocycles. The Bertz CT molecular complexity index is 673. The molecule has 0 aliphatic rings. The van der Waals surface area contributed by atoms with Crippen molar-refractivity contribution in [1.29, 1.82) is 0 Å². The molecule has 0 radical (unpaired) electrons. The number of nitrogens with one attached hydrogen (secondary N) is 1. The van der Waals surface area contributed by atoms with Gasteiger partial charge in [-0.2, -0.15) is 0 Å². The summed E-state index contributed by atoms with van der Waals surface area (Å²) >= 11 is 0. The van der Waals surface area contributed by atoms with Crippen LogP contribution in [-0.2, 0) is 6.54 Å². The van der Waals surface area contributed by atoms with Crippen molar-refractivity contribution in [2.75, 3.05) is 7.05 Å². The molecule has 3 nitrogen and oxygen atoms in total. The second kappa shape index (κ2) is 4.63. The Hall–Kier alpha value is -2.13. The lowest BCUT2D eigenvalue weighted by Gasteiger charge is -2.00. The van der Waals surface area contributed by atoms with Crippen LogP contribution in [0.1, 0.15) is 5.76 Å². The maximum absolute atomic E-state index is 5.78. The SMILES string of the molecule is CNCc1ccc(-c2ccc3ncccc3c2)o1. The number of nitrogens with zero attached hydrogens (tertiary/aromatic N) is 1. The minimum Gasteiger partial charge on any atom is -0.460 e. The molecule has 0 aliphatic heterocycles. The summed E-state index contributed by atoms with van der Waals surface area (Å²) in [5.41, 5.74) is 2.08. The molecular weight excluding hydrogens is 224 g/mol. The van der Waals surface area contributed by atoms with Crippen LogP contribution in [0.3, 0.4) is 0 Å². The first-order valence-electron chi connectivity index (χ1n) is 5.95. The van der Waals surface area contributed by atoms with E-state index in [4.69, 9.17) is 4.42 Å². The third kappa shape index (κ3) is 2.00. The standard InChI is InChI=1S/C15H14N2O/c1-16-10-13-5-7-15(18-13)12-4-6-14-11(9-12)3-2-8-17-14/h2-9,16H,10H2,1H3. The summed E-state index contributed by atoms with van der Waals surface area (Å²) in [5, 5.41) is 4.20. The Morgan fingerprint density at radius 3 is 3.00 bits per heavy atom. The Kier molecular flexibility index (Phi) is 2.82. The molecule has 0 saturated heterocycles. The van der Waals surface area contributed by atoms with Crippen molar-refractivity contribution >= 4 is 10.9 Å². The minimum absolute atomic E-state index is 0.745. The highest BCUT2D eigenvalue weighted by Gasteiger charge is 2.05. The van der Waals surface area contributed by atoms with Crippen molar-refractivity contribution in [2.24, 2.45) is 0 Å². The lowest BCUT2D eigenvalue weighted by molar-refractivity contribution is 0.507. The van der Waals surface area contributed by atoms with Crippen LogP contribution in [-0.4, -0.2) is 12.0 Å². The normalized spacial score (nSPS) is 10.9. The average Bonchev–Trinajstić information content (AvgIpc) is 2.87. The number of furan rings is 1. The highest BCUT2D eigenvalue weighted by atomic mass is 16.3. The molecule has 0 bridgehead atoms. The van der Waals surface area contributed by atoms with Gasteiger partial charge < -0.3 is 9.73 Å². The van der Waals surface area contributed by atoms with E-state index in [1.807, 2.05) is 37.4 Å². The molecule has 0 spiro atoms. The first kappa shape index (κ1) is 11.0. The highest BCUT2D eigenvalue weighted by Crippen LogP contribution is 2.25. The maximum Gasteiger partial charge on any atom is 0.134 e. The summed E-state index contributed by atoms with van der Waals surface area (Å²) in [5.74, 6) is 1.84. The minimum atomic E-state index is 0.745. The molecule has 3 rings (SSSR count). The zero-order valence-electron chi connectivity index (χ0n) is 10.2. The Balaban J connectivity index is 2.02. The third-order valence-corrected chi connectivity index (χ3v) is 2.90. The lowest BCUT2D eigenvalue weighted by Crippen LogP contribution is -2.03. The van der Waals surface area contributed by atoms with Crippen LogP contribution in [0.25, 0.3) is 22.2 Å². The first-order chi connectivity index (χ1) is 8.86. The quantitative estimate of drug-likeness (QED) is 0.761. The van der Waals surface area contributed by atoms with Crippen LogP contribution in [0.5, 0.6) is 0 Å². The second-order valence-electron chi connectivity index (χ2n) is 4.21. The van der Waals surface area contributed by atoms with Gasteiger partial charge in [-0.3, -0.25) is 4.98 Å². The van der Waals surface area contributed by atoms with Crippen molar-refractivity contribution in [1.82, 2.24) is 10.3 Å². The van der Waals surface area contributed by atoms with Gasteiger partial charge in [-0.25, -0.2) is 0 Å². The van der Waals surface area contributed by atoms with Gasteiger partial charge in [0.2, 0.25) is 0 Å². The average molecular weight is 238 g/mol. The summed E-state index contributed by atoms with van der Waals surface area (Å²) in [6, 6.07) is 14.2. The predicted molar refractivity (Wildman–Crippen MR) is 72.2 cm³/mol. The van der Waals surface area contributed by atoms with Gasteiger partial charge in [0.05, 0.1) is 12.1 Å². The van der Waals surface area contributed by atoms with Crippen LogP contribution in [0.2, 0.25) is 0 Å². The van der Waals surface area contributed by atoms with Gasteiger partial charge >= 0.3 is 0 Å². The summed E-state index contributed by atoms with van der Waals surface area (Å²) in [6.45, 7) is 0.745. The number of benzene rings is 1. The molecule has 1 N–H and O–H groups in total. The molecule has 0 saturated carbocycles. The fourth-order valence-electron chi connectivity index (χ4n) is 2.03. The molecule has 3 heteroatoms. The third-order valence-electron chi connectivity index (χ3n) is 2.90. The van der Waals surface area contributed by atoms with Gasteiger partial charge in [0.15, 0.2) is 0 Å². The zero-order chi connectivity index (χ0) is 12.4. The zero-order valence-corrected chi connectivity index (χ0v) is 10.2. The molecular formula is C15H14N2O. The molecule has 0 unspecified atom stereocenters. The number of pyridine rings is 1. The smallest absolute Gasteiger partial charge is 0.134 e. The molecule has 3 aromatic rings. The van der Waals surface area contributed by atoms with Crippen LogP contribution in [0.15, 0.2) is 53.1 Å². The number of aromatic nitrogens is 1.